The number of aromatic nitrogens is 2. The number of unbranched alkanes of at least 4 members (excludes halogenated alkanes) is 1. The van der Waals surface area contributed by atoms with Gasteiger partial charge in [-0.3, -0.25) is 19.9 Å². The second-order valence-corrected chi connectivity index (χ2v) is 6.42. The van der Waals surface area contributed by atoms with Crippen LogP contribution in [-0.2, 0) is 6.42 Å². The van der Waals surface area contributed by atoms with Crippen molar-refractivity contribution in [1.29, 1.82) is 0 Å². The minimum atomic E-state index is -0.668. The molecule has 0 fully saturated rings. The minimum Gasteiger partial charge on any atom is -0.382 e. The molecule has 11 heteroatoms. The predicted octanol–water partition coefficient (Wildman–Crippen LogP) is 1.99. The molecular formula is C18H23Cl2N7O2. The van der Waals surface area contributed by atoms with Crippen molar-refractivity contribution in [3.8, 4) is 0 Å². The number of amides is 1. The van der Waals surface area contributed by atoms with Crippen LogP contribution in [0.15, 0.2) is 29.3 Å². The summed E-state index contributed by atoms with van der Waals surface area (Å²) in [5.74, 6) is -0.882. The number of carbonyl (C=O) groups is 2. The second-order valence-electron chi connectivity index (χ2n) is 6.06. The molecule has 2 aromatic rings. The van der Waals surface area contributed by atoms with Gasteiger partial charge in [0.25, 0.3) is 5.91 Å². The standard InChI is InChI=1S/C18H22ClN7O2.ClH/c1-10(27)12-7-5-11(6-8-12)4-2-3-9-23-18(22)26-17(28)13-15(20)25-16(21)14(19)24-13;/h5-8H,2-4,9H2,1H3,(H4,20,21,25)(H3,22,23,26,28);1H. The van der Waals surface area contributed by atoms with Gasteiger partial charge in [0.2, 0.25) is 0 Å². The number of guanidine groups is 1. The van der Waals surface area contributed by atoms with Crippen molar-refractivity contribution in [3.05, 3.63) is 46.2 Å². The summed E-state index contributed by atoms with van der Waals surface area (Å²) in [5.41, 5.74) is 18.5. The van der Waals surface area contributed by atoms with Crippen LogP contribution < -0.4 is 22.5 Å². The van der Waals surface area contributed by atoms with Gasteiger partial charge in [0, 0.05) is 12.1 Å². The Labute approximate surface area is 179 Å². The Hall–Kier alpha value is -2.91. The molecule has 0 saturated heterocycles. The third-order valence-electron chi connectivity index (χ3n) is 3.88. The van der Waals surface area contributed by atoms with Crippen LogP contribution in [0, 0.1) is 0 Å². The van der Waals surface area contributed by atoms with Crippen molar-refractivity contribution in [2.24, 2.45) is 10.7 Å². The first kappa shape index (κ1) is 24.1. The number of nitrogens with one attached hydrogen (secondary N) is 1. The molecule has 0 radical (unpaired) electrons. The minimum absolute atomic E-state index is 0. The number of aryl methyl sites for hydroxylation is 1. The predicted molar refractivity (Wildman–Crippen MR) is 116 cm³/mol. The summed E-state index contributed by atoms with van der Waals surface area (Å²) in [6.45, 7) is 1.99. The number of nitrogens with two attached hydrogens (primary N) is 3. The monoisotopic (exact) mass is 439 g/mol. The SMILES string of the molecule is CC(=O)c1ccc(CCCCN=C(N)NC(=O)c2nc(Cl)c(N)nc2N)cc1.Cl. The molecule has 1 aromatic carbocycles. The van der Waals surface area contributed by atoms with Crippen molar-refractivity contribution in [2.75, 3.05) is 18.0 Å². The lowest BCUT2D eigenvalue weighted by Gasteiger charge is -2.07. The molecule has 1 aromatic heterocycles. The average molecular weight is 440 g/mol. The van der Waals surface area contributed by atoms with Gasteiger partial charge >= 0.3 is 0 Å². The van der Waals surface area contributed by atoms with Gasteiger partial charge in [0.05, 0.1) is 0 Å². The molecule has 0 aliphatic heterocycles. The van der Waals surface area contributed by atoms with Crippen molar-refractivity contribution < 1.29 is 9.59 Å². The number of hydrogen-bond donors (Lipinski definition) is 4. The topological polar surface area (TPSA) is 162 Å². The normalized spacial score (nSPS) is 10.9. The Morgan fingerprint density at radius 3 is 2.38 bits per heavy atom. The van der Waals surface area contributed by atoms with Crippen molar-refractivity contribution in [3.63, 3.8) is 0 Å². The Morgan fingerprint density at radius 1 is 1.10 bits per heavy atom. The summed E-state index contributed by atoms with van der Waals surface area (Å²) >= 11 is 5.75. The number of Topliss-reactive ketones (excluding diaryl/α,β-unsaturated/α-hetero) is 1. The van der Waals surface area contributed by atoms with E-state index >= 15 is 0 Å². The molecule has 1 amide bonds. The van der Waals surface area contributed by atoms with Crippen LogP contribution in [0.25, 0.3) is 0 Å². The van der Waals surface area contributed by atoms with Crippen LogP contribution in [0.3, 0.4) is 0 Å². The molecule has 156 valence electrons. The summed E-state index contributed by atoms with van der Waals surface area (Å²) in [7, 11) is 0. The van der Waals surface area contributed by atoms with E-state index in [0.717, 1.165) is 24.8 Å². The average Bonchev–Trinajstić information content (AvgIpc) is 2.64. The van der Waals surface area contributed by atoms with E-state index in [4.69, 9.17) is 28.8 Å². The van der Waals surface area contributed by atoms with Crippen LogP contribution in [0.4, 0.5) is 11.6 Å². The molecule has 1 heterocycles. The number of benzene rings is 1. The number of halogens is 2. The molecule has 0 saturated carbocycles. The van der Waals surface area contributed by atoms with E-state index in [1.807, 2.05) is 24.3 Å². The quantitative estimate of drug-likeness (QED) is 0.221. The molecule has 29 heavy (non-hydrogen) atoms. The first-order chi connectivity index (χ1) is 13.3. The number of nitrogen functional groups attached to an aromatic ring is 2. The van der Waals surface area contributed by atoms with E-state index in [2.05, 4.69) is 20.3 Å². The summed E-state index contributed by atoms with van der Waals surface area (Å²) < 4.78 is 0. The highest BCUT2D eigenvalue weighted by molar-refractivity contribution is 6.31. The summed E-state index contributed by atoms with van der Waals surface area (Å²) in [6.07, 6.45) is 2.52. The van der Waals surface area contributed by atoms with Crippen LogP contribution in [0.2, 0.25) is 5.15 Å². The fraction of sp³-hybridized carbons (Fsp3) is 0.278. The Kier molecular flexibility index (Phi) is 9.30. The van der Waals surface area contributed by atoms with Gasteiger partial charge in [-0.25, -0.2) is 9.97 Å². The fourth-order valence-corrected chi connectivity index (χ4v) is 2.50. The van der Waals surface area contributed by atoms with Gasteiger partial charge in [-0.1, -0.05) is 35.9 Å². The van der Waals surface area contributed by atoms with Crippen LogP contribution in [0.5, 0.6) is 0 Å². The van der Waals surface area contributed by atoms with E-state index < -0.39 is 5.91 Å². The highest BCUT2D eigenvalue weighted by Gasteiger charge is 2.16. The molecule has 9 nitrogen and oxygen atoms in total. The smallest absolute Gasteiger partial charge is 0.280 e. The van der Waals surface area contributed by atoms with Crippen LogP contribution in [0.1, 0.15) is 46.2 Å². The van der Waals surface area contributed by atoms with Gasteiger partial charge in [-0.05, 0) is 31.7 Å². The Morgan fingerprint density at radius 2 is 1.76 bits per heavy atom. The number of hydrogen-bond acceptors (Lipinski definition) is 7. The van der Waals surface area contributed by atoms with Crippen molar-refractivity contribution in [1.82, 2.24) is 15.3 Å². The summed E-state index contributed by atoms with van der Waals surface area (Å²) in [6, 6.07) is 7.53. The molecular weight excluding hydrogens is 417 g/mol. The fourth-order valence-electron chi connectivity index (χ4n) is 2.37. The maximum atomic E-state index is 12.1. The summed E-state index contributed by atoms with van der Waals surface area (Å²) in [5, 5.41) is 2.26. The zero-order valence-corrected chi connectivity index (χ0v) is 17.4. The maximum Gasteiger partial charge on any atom is 0.280 e. The number of ketones is 1. The van der Waals surface area contributed by atoms with Gasteiger partial charge < -0.3 is 17.2 Å². The highest BCUT2D eigenvalue weighted by Crippen LogP contribution is 2.17. The molecule has 0 aliphatic carbocycles. The highest BCUT2D eigenvalue weighted by atomic mass is 35.5. The third-order valence-corrected chi connectivity index (χ3v) is 4.16. The molecule has 2 rings (SSSR count). The lowest BCUT2D eigenvalue weighted by atomic mass is 10.0. The Balaban J connectivity index is 0.00000420. The van der Waals surface area contributed by atoms with E-state index in [1.165, 1.54) is 0 Å². The number of rotatable bonds is 7. The first-order valence-electron chi connectivity index (χ1n) is 8.57. The second kappa shape index (κ2) is 11.2. The van der Waals surface area contributed by atoms with Gasteiger partial charge in [-0.15, -0.1) is 12.4 Å². The van der Waals surface area contributed by atoms with E-state index in [0.29, 0.717) is 12.1 Å². The number of carbonyl (C=O) groups excluding carboxylic acids is 2. The van der Waals surface area contributed by atoms with Gasteiger partial charge in [0.15, 0.2) is 34.2 Å². The molecule has 0 aliphatic rings. The largest absolute Gasteiger partial charge is 0.382 e. The van der Waals surface area contributed by atoms with Crippen LogP contribution >= 0.6 is 24.0 Å². The zero-order valence-electron chi connectivity index (χ0n) is 15.8. The Bertz CT molecular complexity index is 902. The van der Waals surface area contributed by atoms with Gasteiger partial charge in [-0.2, -0.15) is 0 Å². The molecule has 0 bridgehead atoms. The maximum absolute atomic E-state index is 12.1. The van der Waals surface area contributed by atoms with Gasteiger partial charge in [0.1, 0.15) is 0 Å². The summed E-state index contributed by atoms with van der Waals surface area (Å²) in [4.78, 5) is 35.0. The van der Waals surface area contributed by atoms with E-state index in [-0.39, 0.29) is 46.6 Å². The first-order valence-corrected chi connectivity index (χ1v) is 8.95. The van der Waals surface area contributed by atoms with E-state index in [9.17, 15) is 9.59 Å². The third kappa shape index (κ3) is 7.20. The molecule has 0 unspecified atom stereocenters. The molecule has 7 N–H and O–H groups in total. The van der Waals surface area contributed by atoms with Crippen molar-refractivity contribution in [2.45, 2.75) is 26.2 Å². The lowest BCUT2D eigenvalue weighted by Crippen LogP contribution is -2.38. The van der Waals surface area contributed by atoms with Crippen molar-refractivity contribution >= 4 is 53.3 Å². The zero-order chi connectivity index (χ0) is 20.7. The number of aliphatic imine (C=N–C) groups is 1. The number of anilines is 2. The number of nitrogens with zero attached hydrogens (tertiary/aromatic N) is 3. The van der Waals surface area contributed by atoms with Crippen LogP contribution in [-0.4, -0.2) is 34.2 Å². The lowest BCUT2D eigenvalue weighted by molar-refractivity contribution is 0.0970. The van der Waals surface area contributed by atoms with E-state index in [1.54, 1.807) is 6.92 Å². The molecule has 0 spiro atoms. The molecule has 0 atom stereocenters.